The number of rotatable bonds is 6. The van der Waals surface area contributed by atoms with E-state index < -0.39 is 28.2 Å². The smallest absolute Gasteiger partial charge is 0.277 e. The van der Waals surface area contributed by atoms with Crippen molar-refractivity contribution >= 4 is 51.5 Å². The first kappa shape index (κ1) is 21.8. The SMILES string of the molecule is Cc1cc(I)ccc1Nc1c(C(=O)NOCC(C)(C)O)cc(Cl)c(F)c1F. The Balaban J connectivity index is 2.37. The second-order valence-corrected chi connectivity index (χ2v) is 8.18. The molecule has 1 amide bonds. The summed E-state index contributed by atoms with van der Waals surface area (Å²) in [4.78, 5) is 17.3. The molecule has 9 heteroatoms. The third kappa shape index (κ3) is 5.74. The molecule has 2 rings (SSSR count). The maximum atomic E-state index is 14.5. The van der Waals surface area contributed by atoms with E-state index in [1.54, 1.807) is 19.1 Å². The lowest BCUT2D eigenvalue weighted by atomic mass is 10.1. The van der Waals surface area contributed by atoms with Gasteiger partial charge in [0.1, 0.15) is 6.61 Å². The summed E-state index contributed by atoms with van der Waals surface area (Å²) < 4.78 is 29.4. The minimum atomic E-state index is -1.28. The van der Waals surface area contributed by atoms with E-state index in [0.717, 1.165) is 15.2 Å². The van der Waals surface area contributed by atoms with Crippen molar-refractivity contribution in [2.24, 2.45) is 0 Å². The van der Waals surface area contributed by atoms with E-state index in [9.17, 15) is 18.7 Å². The molecule has 0 bridgehead atoms. The number of nitrogens with one attached hydrogen (secondary N) is 2. The molecule has 0 aliphatic carbocycles. The molecule has 0 atom stereocenters. The number of carbonyl (C=O) groups excluding carboxylic acids is 1. The van der Waals surface area contributed by atoms with Gasteiger partial charge in [-0.3, -0.25) is 9.63 Å². The third-order valence-electron chi connectivity index (χ3n) is 3.45. The van der Waals surface area contributed by atoms with Crippen LogP contribution in [-0.2, 0) is 4.84 Å². The van der Waals surface area contributed by atoms with Crippen LogP contribution >= 0.6 is 34.2 Å². The van der Waals surface area contributed by atoms with E-state index in [2.05, 4.69) is 33.4 Å². The summed E-state index contributed by atoms with van der Waals surface area (Å²) in [5.74, 6) is -3.39. The van der Waals surface area contributed by atoms with Crippen LogP contribution in [0.25, 0.3) is 0 Å². The van der Waals surface area contributed by atoms with Crippen molar-refractivity contribution in [3.63, 3.8) is 0 Å². The molecule has 27 heavy (non-hydrogen) atoms. The number of hydrogen-bond donors (Lipinski definition) is 3. The van der Waals surface area contributed by atoms with E-state index in [1.165, 1.54) is 13.8 Å². The summed E-state index contributed by atoms with van der Waals surface area (Å²) >= 11 is 7.82. The summed E-state index contributed by atoms with van der Waals surface area (Å²) in [5.41, 5.74) is 1.58. The maximum absolute atomic E-state index is 14.5. The molecule has 3 N–H and O–H groups in total. The zero-order chi connectivity index (χ0) is 20.4. The fourth-order valence-electron chi connectivity index (χ4n) is 2.13. The van der Waals surface area contributed by atoms with Crippen LogP contribution in [0.3, 0.4) is 0 Å². The molecule has 0 unspecified atom stereocenters. The first-order chi connectivity index (χ1) is 12.5. The Kier molecular flexibility index (Phi) is 7.01. The van der Waals surface area contributed by atoms with Crippen molar-refractivity contribution in [1.82, 2.24) is 5.48 Å². The molecule has 0 radical (unpaired) electrons. The van der Waals surface area contributed by atoms with Crippen molar-refractivity contribution in [2.75, 3.05) is 11.9 Å². The molecule has 2 aromatic rings. The molecule has 0 fully saturated rings. The van der Waals surface area contributed by atoms with Crippen LogP contribution < -0.4 is 10.8 Å². The zero-order valence-electron chi connectivity index (χ0n) is 14.8. The lowest BCUT2D eigenvalue weighted by Gasteiger charge is -2.18. The van der Waals surface area contributed by atoms with Crippen LogP contribution in [0.4, 0.5) is 20.2 Å². The summed E-state index contributed by atoms with van der Waals surface area (Å²) in [6, 6.07) is 6.33. The van der Waals surface area contributed by atoms with Gasteiger partial charge in [0, 0.05) is 9.26 Å². The van der Waals surface area contributed by atoms with Gasteiger partial charge in [-0.2, -0.15) is 0 Å². The molecule has 0 heterocycles. The molecular formula is C18H18ClF2IN2O3. The highest BCUT2D eigenvalue weighted by Gasteiger charge is 2.23. The van der Waals surface area contributed by atoms with Crippen LogP contribution in [0.1, 0.15) is 29.8 Å². The van der Waals surface area contributed by atoms with Gasteiger partial charge in [-0.15, -0.1) is 0 Å². The Morgan fingerprint density at radius 3 is 2.56 bits per heavy atom. The standard InChI is InChI=1S/C18H18ClF2IN2O3/c1-9-6-10(22)4-5-13(9)23-16-11(7-12(19)14(20)15(16)21)17(25)24-27-8-18(2,3)26/h4-7,23,26H,8H2,1-3H3,(H,24,25). The van der Waals surface area contributed by atoms with Crippen molar-refractivity contribution in [3.05, 3.63) is 55.6 Å². The van der Waals surface area contributed by atoms with E-state index in [1.807, 2.05) is 6.07 Å². The predicted molar refractivity (Wildman–Crippen MR) is 108 cm³/mol. The average Bonchev–Trinajstić information content (AvgIpc) is 2.55. The molecule has 146 valence electrons. The van der Waals surface area contributed by atoms with Crippen LogP contribution in [0.5, 0.6) is 0 Å². The number of aliphatic hydroxyl groups is 1. The number of hydrogen-bond acceptors (Lipinski definition) is 4. The average molecular weight is 511 g/mol. The van der Waals surface area contributed by atoms with E-state index >= 15 is 0 Å². The molecule has 0 saturated carbocycles. The molecule has 0 aromatic heterocycles. The molecule has 0 aliphatic heterocycles. The van der Waals surface area contributed by atoms with Crippen molar-refractivity contribution in [2.45, 2.75) is 26.4 Å². The molecule has 5 nitrogen and oxygen atoms in total. The number of benzene rings is 2. The van der Waals surface area contributed by atoms with Crippen LogP contribution in [-0.4, -0.2) is 23.2 Å². The number of anilines is 2. The Labute approximate surface area is 174 Å². The summed E-state index contributed by atoms with van der Waals surface area (Å²) in [7, 11) is 0. The van der Waals surface area contributed by atoms with E-state index in [-0.39, 0.29) is 17.9 Å². The van der Waals surface area contributed by atoms with Gasteiger partial charge >= 0.3 is 0 Å². The number of carbonyl (C=O) groups is 1. The Morgan fingerprint density at radius 1 is 1.30 bits per heavy atom. The topological polar surface area (TPSA) is 70.6 Å². The largest absolute Gasteiger partial charge is 0.388 e. The Bertz CT molecular complexity index is 873. The molecular weight excluding hydrogens is 493 g/mol. The summed E-state index contributed by atoms with van der Waals surface area (Å²) in [6.07, 6.45) is 0. The normalized spacial score (nSPS) is 11.4. The minimum Gasteiger partial charge on any atom is -0.388 e. The quantitative estimate of drug-likeness (QED) is 0.299. The first-order valence-electron chi connectivity index (χ1n) is 7.85. The van der Waals surface area contributed by atoms with Gasteiger partial charge in [0.2, 0.25) is 0 Å². The number of amides is 1. The fraction of sp³-hybridized carbons (Fsp3) is 0.278. The van der Waals surface area contributed by atoms with Gasteiger partial charge in [0.15, 0.2) is 11.6 Å². The van der Waals surface area contributed by atoms with Crippen molar-refractivity contribution < 1.29 is 23.5 Å². The lowest BCUT2D eigenvalue weighted by Crippen LogP contribution is -2.33. The van der Waals surface area contributed by atoms with Crippen molar-refractivity contribution in [3.8, 4) is 0 Å². The van der Waals surface area contributed by atoms with Gasteiger partial charge in [-0.25, -0.2) is 14.3 Å². The van der Waals surface area contributed by atoms with Gasteiger partial charge in [0.25, 0.3) is 5.91 Å². The second kappa shape index (κ2) is 8.68. The third-order valence-corrected chi connectivity index (χ3v) is 4.39. The Hall–Kier alpha value is -1.49. The predicted octanol–water partition coefficient (Wildman–Crippen LogP) is 4.71. The highest BCUT2D eigenvalue weighted by Crippen LogP contribution is 2.32. The van der Waals surface area contributed by atoms with Gasteiger partial charge in [-0.1, -0.05) is 11.6 Å². The van der Waals surface area contributed by atoms with Crippen LogP contribution in [0, 0.1) is 22.1 Å². The maximum Gasteiger partial charge on any atom is 0.277 e. The highest BCUT2D eigenvalue weighted by atomic mass is 127. The van der Waals surface area contributed by atoms with Crippen LogP contribution in [0.15, 0.2) is 24.3 Å². The molecule has 0 saturated heterocycles. The molecule has 2 aromatic carbocycles. The van der Waals surface area contributed by atoms with Gasteiger partial charge in [0.05, 0.1) is 21.9 Å². The summed E-state index contributed by atoms with van der Waals surface area (Å²) in [6.45, 7) is 4.57. The number of aryl methyl sites for hydroxylation is 1. The Morgan fingerprint density at radius 2 is 1.96 bits per heavy atom. The number of halogens is 4. The summed E-state index contributed by atoms with van der Waals surface area (Å²) in [5, 5.41) is 11.8. The fourth-order valence-corrected chi connectivity index (χ4v) is 2.97. The zero-order valence-corrected chi connectivity index (χ0v) is 17.7. The lowest BCUT2D eigenvalue weighted by molar-refractivity contribution is -0.0522. The second-order valence-electron chi connectivity index (χ2n) is 6.53. The van der Waals surface area contributed by atoms with E-state index in [0.29, 0.717) is 5.69 Å². The monoisotopic (exact) mass is 510 g/mol. The highest BCUT2D eigenvalue weighted by molar-refractivity contribution is 14.1. The minimum absolute atomic E-state index is 0.199. The van der Waals surface area contributed by atoms with Gasteiger partial charge in [-0.05, 0) is 73.2 Å². The van der Waals surface area contributed by atoms with Crippen molar-refractivity contribution in [1.29, 1.82) is 0 Å². The molecule has 0 spiro atoms. The van der Waals surface area contributed by atoms with E-state index in [4.69, 9.17) is 16.4 Å². The van der Waals surface area contributed by atoms with Gasteiger partial charge < -0.3 is 10.4 Å². The van der Waals surface area contributed by atoms with Crippen LogP contribution in [0.2, 0.25) is 5.02 Å². The first-order valence-corrected chi connectivity index (χ1v) is 9.30. The molecule has 0 aliphatic rings. The number of hydroxylamine groups is 1.